The number of nitrogens with one attached hydrogen (secondary N) is 2. The number of nitrogens with zero attached hydrogens (tertiary/aromatic N) is 1. The molecule has 2 N–H and O–H groups in total. The first kappa shape index (κ1) is 14.2. The second-order valence-electron chi connectivity index (χ2n) is 4.53. The Kier molecular flexibility index (Phi) is 4.62. The van der Waals surface area contributed by atoms with E-state index in [1.54, 1.807) is 11.3 Å². The fourth-order valence-corrected chi connectivity index (χ4v) is 3.70. The molecule has 0 bridgehead atoms. The monoisotopic (exact) mass is 315 g/mol. The van der Waals surface area contributed by atoms with Crippen molar-refractivity contribution in [3.8, 4) is 10.6 Å². The molecule has 21 heavy (non-hydrogen) atoms. The minimum absolute atomic E-state index is 0.769. The highest BCUT2D eigenvalue weighted by atomic mass is 32.2. The third-order valence-corrected chi connectivity index (χ3v) is 4.98. The van der Waals surface area contributed by atoms with E-state index in [1.807, 2.05) is 18.0 Å². The van der Waals surface area contributed by atoms with E-state index < -0.39 is 0 Å². The van der Waals surface area contributed by atoms with E-state index in [4.69, 9.17) is 0 Å². The third-order valence-electron chi connectivity index (χ3n) is 3.14. The summed E-state index contributed by atoms with van der Waals surface area (Å²) in [6.07, 6.45) is 1.90. The van der Waals surface area contributed by atoms with E-state index in [0.29, 0.717) is 0 Å². The Morgan fingerprint density at radius 3 is 2.95 bits per heavy atom. The number of aromatic nitrogens is 2. The Labute approximate surface area is 132 Å². The Balaban J connectivity index is 1.76. The smallest absolute Gasteiger partial charge is 0.0799 e. The topological polar surface area (TPSA) is 40.7 Å². The van der Waals surface area contributed by atoms with Gasteiger partial charge in [-0.05, 0) is 29.3 Å². The minimum Gasteiger partial charge on any atom is -0.380 e. The van der Waals surface area contributed by atoms with Crippen LogP contribution in [0.2, 0.25) is 0 Å². The molecular formula is C16H17N3S2. The molecule has 0 saturated heterocycles. The van der Waals surface area contributed by atoms with Crippen LogP contribution in [0.5, 0.6) is 0 Å². The molecule has 0 amide bonds. The summed E-state index contributed by atoms with van der Waals surface area (Å²) >= 11 is 3.58. The SMILES string of the molecule is CCSc1ccccc1NCc1cn[nH]c1-c1cccs1. The first-order chi connectivity index (χ1) is 10.4. The zero-order valence-electron chi connectivity index (χ0n) is 11.8. The predicted octanol–water partition coefficient (Wildman–Crippen LogP) is 4.86. The Bertz CT molecular complexity index is 689. The van der Waals surface area contributed by atoms with E-state index in [1.165, 1.54) is 21.0 Å². The molecule has 0 aliphatic heterocycles. The van der Waals surface area contributed by atoms with Crippen LogP contribution >= 0.6 is 23.1 Å². The van der Waals surface area contributed by atoms with E-state index in [-0.39, 0.29) is 0 Å². The fourth-order valence-electron chi connectivity index (χ4n) is 2.16. The second kappa shape index (κ2) is 6.83. The normalized spacial score (nSPS) is 10.7. The first-order valence-corrected chi connectivity index (χ1v) is 8.77. The molecule has 0 aliphatic rings. The molecule has 3 aromatic rings. The lowest BCUT2D eigenvalue weighted by atomic mass is 10.2. The van der Waals surface area contributed by atoms with Gasteiger partial charge >= 0.3 is 0 Å². The summed E-state index contributed by atoms with van der Waals surface area (Å²) in [5, 5.41) is 12.9. The average Bonchev–Trinajstić information content (AvgIpc) is 3.17. The van der Waals surface area contributed by atoms with Gasteiger partial charge in [-0.15, -0.1) is 23.1 Å². The molecule has 108 valence electrons. The van der Waals surface area contributed by atoms with E-state index in [9.17, 15) is 0 Å². The molecule has 3 nitrogen and oxygen atoms in total. The Hall–Kier alpha value is -1.72. The van der Waals surface area contributed by atoms with Crippen LogP contribution in [0.25, 0.3) is 10.6 Å². The lowest BCUT2D eigenvalue weighted by Gasteiger charge is -2.11. The summed E-state index contributed by atoms with van der Waals surface area (Å²) in [5.41, 5.74) is 3.48. The van der Waals surface area contributed by atoms with Crippen molar-refractivity contribution in [3.63, 3.8) is 0 Å². The van der Waals surface area contributed by atoms with Crippen LogP contribution in [0.15, 0.2) is 52.9 Å². The molecule has 5 heteroatoms. The molecule has 0 spiro atoms. The van der Waals surface area contributed by atoms with Gasteiger partial charge in [0.05, 0.1) is 16.8 Å². The van der Waals surface area contributed by atoms with Gasteiger partial charge in [0.2, 0.25) is 0 Å². The fraction of sp³-hybridized carbons (Fsp3) is 0.188. The zero-order chi connectivity index (χ0) is 14.5. The number of thiophene rings is 1. The number of H-pyrrole nitrogens is 1. The van der Waals surface area contributed by atoms with E-state index >= 15 is 0 Å². The van der Waals surface area contributed by atoms with Crippen molar-refractivity contribution in [2.75, 3.05) is 11.1 Å². The van der Waals surface area contributed by atoms with Gasteiger partial charge in [-0.1, -0.05) is 25.1 Å². The Morgan fingerprint density at radius 1 is 1.24 bits per heavy atom. The zero-order valence-corrected chi connectivity index (χ0v) is 13.4. The number of hydrogen-bond acceptors (Lipinski definition) is 4. The van der Waals surface area contributed by atoms with Crippen LogP contribution in [-0.2, 0) is 6.54 Å². The number of thioether (sulfide) groups is 1. The third kappa shape index (κ3) is 3.31. The molecular weight excluding hydrogens is 298 g/mol. The summed E-state index contributed by atoms with van der Waals surface area (Å²) in [6.45, 7) is 2.94. The van der Waals surface area contributed by atoms with Gasteiger partial charge in [0.15, 0.2) is 0 Å². The van der Waals surface area contributed by atoms with Crippen molar-refractivity contribution < 1.29 is 0 Å². The number of anilines is 1. The predicted molar refractivity (Wildman–Crippen MR) is 92.1 cm³/mol. The van der Waals surface area contributed by atoms with Gasteiger partial charge < -0.3 is 5.32 Å². The molecule has 2 heterocycles. The molecule has 0 atom stereocenters. The van der Waals surface area contributed by atoms with Gasteiger partial charge in [-0.2, -0.15) is 5.10 Å². The van der Waals surface area contributed by atoms with E-state index in [0.717, 1.165) is 18.0 Å². The van der Waals surface area contributed by atoms with Crippen molar-refractivity contribution in [3.05, 3.63) is 53.5 Å². The van der Waals surface area contributed by atoms with Gasteiger partial charge in [-0.25, -0.2) is 0 Å². The van der Waals surface area contributed by atoms with Crippen LogP contribution in [-0.4, -0.2) is 16.0 Å². The van der Waals surface area contributed by atoms with Gasteiger partial charge in [0.25, 0.3) is 0 Å². The maximum atomic E-state index is 4.19. The highest BCUT2D eigenvalue weighted by Crippen LogP contribution is 2.29. The summed E-state index contributed by atoms with van der Waals surface area (Å²) in [6, 6.07) is 12.6. The summed E-state index contributed by atoms with van der Waals surface area (Å²) in [4.78, 5) is 2.52. The van der Waals surface area contributed by atoms with Crippen molar-refractivity contribution in [1.29, 1.82) is 0 Å². The molecule has 0 saturated carbocycles. The highest BCUT2D eigenvalue weighted by molar-refractivity contribution is 7.99. The van der Waals surface area contributed by atoms with Crippen molar-refractivity contribution in [2.45, 2.75) is 18.4 Å². The number of hydrogen-bond donors (Lipinski definition) is 2. The number of para-hydroxylation sites is 1. The molecule has 2 aromatic heterocycles. The molecule has 0 fully saturated rings. The standard InChI is InChI=1S/C16H17N3S2/c1-2-20-14-7-4-3-6-13(14)17-10-12-11-18-19-16(12)15-8-5-9-21-15/h3-9,11,17H,2,10H2,1H3,(H,18,19). The Morgan fingerprint density at radius 2 is 2.14 bits per heavy atom. The maximum Gasteiger partial charge on any atom is 0.0799 e. The average molecular weight is 315 g/mol. The van der Waals surface area contributed by atoms with Crippen molar-refractivity contribution in [2.24, 2.45) is 0 Å². The van der Waals surface area contributed by atoms with Crippen molar-refractivity contribution in [1.82, 2.24) is 10.2 Å². The highest BCUT2D eigenvalue weighted by Gasteiger charge is 2.09. The van der Waals surface area contributed by atoms with Crippen LogP contribution in [0.1, 0.15) is 12.5 Å². The van der Waals surface area contributed by atoms with Gasteiger partial charge in [-0.3, -0.25) is 5.10 Å². The molecule has 3 rings (SSSR count). The quantitative estimate of drug-likeness (QED) is 0.638. The van der Waals surface area contributed by atoms with E-state index in [2.05, 4.69) is 64.2 Å². The number of aromatic amines is 1. The number of rotatable bonds is 6. The van der Waals surface area contributed by atoms with Crippen molar-refractivity contribution >= 4 is 28.8 Å². The van der Waals surface area contributed by atoms with Gasteiger partial charge in [0, 0.05) is 22.7 Å². The second-order valence-corrected chi connectivity index (χ2v) is 6.78. The van der Waals surface area contributed by atoms with Crippen LogP contribution in [0.4, 0.5) is 5.69 Å². The number of benzene rings is 1. The summed E-state index contributed by atoms with van der Waals surface area (Å²) in [7, 11) is 0. The van der Waals surface area contributed by atoms with Crippen LogP contribution in [0.3, 0.4) is 0 Å². The maximum absolute atomic E-state index is 4.19. The molecule has 0 aliphatic carbocycles. The molecule has 0 unspecified atom stereocenters. The molecule has 0 radical (unpaired) electrons. The minimum atomic E-state index is 0.769. The summed E-state index contributed by atoms with van der Waals surface area (Å²) in [5.74, 6) is 1.07. The van der Waals surface area contributed by atoms with Gasteiger partial charge in [0.1, 0.15) is 0 Å². The lowest BCUT2D eigenvalue weighted by Crippen LogP contribution is -2.00. The largest absolute Gasteiger partial charge is 0.380 e. The molecule has 1 aromatic carbocycles. The summed E-state index contributed by atoms with van der Waals surface area (Å²) < 4.78 is 0. The van der Waals surface area contributed by atoms with Crippen LogP contribution < -0.4 is 5.32 Å². The van der Waals surface area contributed by atoms with Crippen LogP contribution in [0, 0.1) is 0 Å². The first-order valence-electron chi connectivity index (χ1n) is 6.90. The lowest BCUT2D eigenvalue weighted by molar-refractivity contribution is 1.10.